The van der Waals surface area contributed by atoms with Gasteiger partial charge in [-0.2, -0.15) is 5.10 Å². The number of nitrogens with two attached hydrogens (primary N) is 1. The molecule has 7 nitrogen and oxygen atoms in total. The molecule has 0 aliphatic carbocycles. The molecule has 1 unspecified atom stereocenters. The Morgan fingerprint density at radius 1 is 1.45 bits per heavy atom. The second-order valence-corrected chi connectivity index (χ2v) is 5.21. The van der Waals surface area contributed by atoms with Gasteiger partial charge in [-0.3, -0.25) is 0 Å². The molecule has 1 atom stereocenters. The van der Waals surface area contributed by atoms with E-state index in [0.29, 0.717) is 17.3 Å². The summed E-state index contributed by atoms with van der Waals surface area (Å²) in [6.45, 7) is 5.59. The zero-order valence-corrected chi connectivity index (χ0v) is 11.9. The first-order valence-corrected chi connectivity index (χ1v) is 6.76. The van der Waals surface area contributed by atoms with Gasteiger partial charge >= 0.3 is 0 Å². The van der Waals surface area contributed by atoms with Gasteiger partial charge in [0, 0.05) is 19.7 Å². The van der Waals surface area contributed by atoms with E-state index in [0.717, 1.165) is 37.2 Å². The first kappa shape index (κ1) is 14.5. The second-order valence-electron chi connectivity index (χ2n) is 5.21. The van der Waals surface area contributed by atoms with Crippen LogP contribution in [-0.2, 0) is 0 Å². The summed E-state index contributed by atoms with van der Waals surface area (Å²) in [5.74, 6) is 1.16. The molecule has 20 heavy (non-hydrogen) atoms. The molecule has 2 heterocycles. The molecule has 1 aromatic rings. The molecular weight excluding hydrogens is 258 g/mol. The molecule has 0 aromatic carbocycles. The van der Waals surface area contributed by atoms with Crippen LogP contribution in [-0.4, -0.2) is 46.0 Å². The number of hydrogen-bond donors (Lipinski definition) is 3. The van der Waals surface area contributed by atoms with Gasteiger partial charge in [-0.05, 0) is 38.2 Å². The molecule has 4 N–H and O–H groups in total. The Morgan fingerprint density at radius 3 is 2.85 bits per heavy atom. The van der Waals surface area contributed by atoms with Crippen molar-refractivity contribution in [1.29, 1.82) is 0 Å². The lowest BCUT2D eigenvalue weighted by molar-refractivity contribution is 0.263. The molecule has 7 heteroatoms. The number of oxime groups is 1. The molecule has 0 bridgehead atoms. The van der Waals surface area contributed by atoms with E-state index in [9.17, 15) is 0 Å². The Balaban J connectivity index is 2.35. The van der Waals surface area contributed by atoms with Gasteiger partial charge in [-0.25, -0.2) is 0 Å². The molecule has 1 aliphatic rings. The maximum absolute atomic E-state index is 9.03. The number of hydrogen-bond acceptors (Lipinski definition) is 6. The lowest BCUT2D eigenvalue weighted by Gasteiger charge is -2.21. The van der Waals surface area contributed by atoms with Gasteiger partial charge in [0.15, 0.2) is 11.7 Å². The summed E-state index contributed by atoms with van der Waals surface area (Å²) < 4.78 is 0. The molecule has 1 fully saturated rings. The van der Waals surface area contributed by atoms with Crippen LogP contribution in [0.2, 0.25) is 0 Å². The van der Waals surface area contributed by atoms with E-state index >= 15 is 0 Å². The number of anilines is 1. The fraction of sp³-hybridized carbons (Fsp3) is 0.615. The SMILES string of the molecule is Cc1nnc(N2CCC(CCO)C2)c(C(N)=NO)c1C. The Morgan fingerprint density at radius 2 is 2.20 bits per heavy atom. The van der Waals surface area contributed by atoms with Crippen LogP contribution in [0.15, 0.2) is 5.16 Å². The predicted octanol–water partition coefficient (Wildman–Crippen LogP) is 0.397. The third-order valence-electron chi connectivity index (χ3n) is 3.92. The summed E-state index contributed by atoms with van der Waals surface area (Å²) in [5, 5.41) is 29.5. The molecule has 1 aliphatic heterocycles. The average Bonchev–Trinajstić information content (AvgIpc) is 2.89. The summed E-state index contributed by atoms with van der Waals surface area (Å²) in [6.07, 6.45) is 1.79. The van der Waals surface area contributed by atoms with E-state index in [1.807, 2.05) is 13.8 Å². The van der Waals surface area contributed by atoms with Gasteiger partial charge in [0.05, 0.1) is 11.3 Å². The van der Waals surface area contributed by atoms with Gasteiger partial charge in [-0.1, -0.05) is 5.16 Å². The highest BCUT2D eigenvalue weighted by molar-refractivity contribution is 6.02. The fourth-order valence-electron chi connectivity index (χ4n) is 2.62. The number of aliphatic hydroxyl groups excluding tert-OH is 1. The van der Waals surface area contributed by atoms with Crippen molar-refractivity contribution in [3.8, 4) is 0 Å². The van der Waals surface area contributed by atoms with Crippen molar-refractivity contribution in [1.82, 2.24) is 10.2 Å². The van der Waals surface area contributed by atoms with Crippen molar-refractivity contribution in [2.24, 2.45) is 16.8 Å². The number of aryl methyl sites for hydroxylation is 1. The molecule has 110 valence electrons. The van der Waals surface area contributed by atoms with Crippen molar-refractivity contribution in [3.05, 3.63) is 16.8 Å². The van der Waals surface area contributed by atoms with E-state index in [2.05, 4.69) is 20.3 Å². The van der Waals surface area contributed by atoms with E-state index < -0.39 is 0 Å². The second kappa shape index (κ2) is 6.04. The Kier molecular flexibility index (Phi) is 4.39. The Labute approximate surface area is 118 Å². The largest absolute Gasteiger partial charge is 0.409 e. The molecule has 0 radical (unpaired) electrons. The Hall–Kier alpha value is -1.89. The molecular formula is C13H21N5O2. The quantitative estimate of drug-likeness (QED) is 0.318. The lowest BCUT2D eigenvalue weighted by atomic mass is 10.1. The van der Waals surface area contributed by atoms with Crippen LogP contribution in [0, 0.1) is 19.8 Å². The number of aliphatic hydroxyl groups is 1. The highest BCUT2D eigenvalue weighted by Crippen LogP contribution is 2.28. The van der Waals surface area contributed by atoms with E-state index in [1.165, 1.54) is 0 Å². The Bertz CT molecular complexity index is 518. The first-order chi connectivity index (χ1) is 9.58. The normalized spacial score (nSPS) is 19.6. The summed E-state index contributed by atoms with van der Waals surface area (Å²) in [5.41, 5.74) is 8.07. The van der Waals surface area contributed by atoms with Crippen molar-refractivity contribution >= 4 is 11.7 Å². The maximum atomic E-state index is 9.03. The van der Waals surface area contributed by atoms with Crippen LogP contribution >= 0.6 is 0 Å². The fourth-order valence-corrected chi connectivity index (χ4v) is 2.62. The summed E-state index contributed by atoms with van der Waals surface area (Å²) in [7, 11) is 0. The molecule has 0 amide bonds. The van der Waals surface area contributed by atoms with Gasteiger partial charge in [-0.15, -0.1) is 5.10 Å². The zero-order chi connectivity index (χ0) is 14.7. The molecule has 1 aromatic heterocycles. The predicted molar refractivity (Wildman–Crippen MR) is 76.0 cm³/mol. The topological polar surface area (TPSA) is 108 Å². The molecule has 0 saturated carbocycles. The summed E-state index contributed by atoms with van der Waals surface area (Å²) >= 11 is 0. The first-order valence-electron chi connectivity index (χ1n) is 6.76. The highest BCUT2D eigenvalue weighted by Gasteiger charge is 2.27. The van der Waals surface area contributed by atoms with Gasteiger partial charge in [0.1, 0.15) is 0 Å². The minimum Gasteiger partial charge on any atom is -0.409 e. The minimum absolute atomic E-state index is 0.0566. The molecule has 2 rings (SSSR count). The monoisotopic (exact) mass is 279 g/mol. The van der Waals surface area contributed by atoms with Crippen molar-refractivity contribution in [3.63, 3.8) is 0 Å². The van der Waals surface area contributed by atoms with E-state index in [4.69, 9.17) is 16.0 Å². The van der Waals surface area contributed by atoms with Crippen LogP contribution in [0.3, 0.4) is 0 Å². The zero-order valence-electron chi connectivity index (χ0n) is 11.9. The summed E-state index contributed by atoms with van der Waals surface area (Å²) in [4.78, 5) is 2.09. The number of nitrogens with zero attached hydrogens (tertiary/aromatic N) is 4. The van der Waals surface area contributed by atoms with E-state index in [-0.39, 0.29) is 12.4 Å². The standard InChI is InChI=1S/C13H21N5O2/c1-8-9(2)15-16-13(11(8)12(14)17-20)18-5-3-10(7-18)4-6-19/h10,19-20H,3-7H2,1-2H3,(H2,14,17). The van der Waals surface area contributed by atoms with Crippen molar-refractivity contribution < 1.29 is 10.3 Å². The highest BCUT2D eigenvalue weighted by atomic mass is 16.4. The third kappa shape index (κ3) is 2.67. The minimum atomic E-state index is 0.0566. The third-order valence-corrected chi connectivity index (χ3v) is 3.92. The number of rotatable bonds is 4. The lowest BCUT2D eigenvalue weighted by Crippen LogP contribution is -2.27. The van der Waals surface area contributed by atoms with Crippen molar-refractivity contribution in [2.75, 3.05) is 24.6 Å². The number of aromatic nitrogens is 2. The maximum Gasteiger partial charge on any atom is 0.174 e. The smallest absolute Gasteiger partial charge is 0.174 e. The summed E-state index contributed by atoms with van der Waals surface area (Å²) in [6, 6.07) is 0. The van der Waals surface area contributed by atoms with Gasteiger partial charge < -0.3 is 20.9 Å². The number of amidine groups is 1. The van der Waals surface area contributed by atoms with Crippen molar-refractivity contribution in [2.45, 2.75) is 26.7 Å². The van der Waals surface area contributed by atoms with Crippen LogP contribution in [0.1, 0.15) is 29.7 Å². The van der Waals surface area contributed by atoms with Crippen LogP contribution in [0.5, 0.6) is 0 Å². The van der Waals surface area contributed by atoms with Gasteiger partial charge in [0.2, 0.25) is 0 Å². The van der Waals surface area contributed by atoms with Crippen LogP contribution in [0.4, 0.5) is 5.82 Å². The molecule has 1 saturated heterocycles. The van der Waals surface area contributed by atoms with Crippen LogP contribution < -0.4 is 10.6 Å². The van der Waals surface area contributed by atoms with Crippen LogP contribution in [0.25, 0.3) is 0 Å². The molecule has 0 spiro atoms. The average molecular weight is 279 g/mol. The van der Waals surface area contributed by atoms with E-state index in [1.54, 1.807) is 0 Å². The van der Waals surface area contributed by atoms with Gasteiger partial charge in [0.25, 0.3) is 0 Å².